The molecule has 0 fully saturated rings. The van der Waals surface area contributed by atoms with E-state index < -0.39 is 0 Å². The number of nitrogens with zero attached hydrogens (tertiary/aromatic N) is 4. The van der Waals surface area contributed by atoms with Crippen LogP contribution in [0.4, 0.5) is 5.82 Å². The fourth-order valence-electron chi connectivity index (χ4n) is 2.10. The van der Waals surface area contributed by atoms with Crippen molar-refractivity contribution in [2.45, 2.75) is 32.9 Å². The third kappa shape index (κ3) is 3.57. The lowest BCUT2D eigenvalue weighted by Gasteiger charge is -2.21. The average Bonchev–Trinajstić information content (AvgIpc) is 2.87. The molecule has 0 atom stereocenters. The second-order valence-electron chi connectivity index (χ2n) is 5.37. The molecule has 2 aromatic rings. The van der Waals surface area contributed by atoms with Crippen LogP contribution >= 0.6 is 0 Å². The van der Waals surface area contributed by atoms with Gasteiger partial charge in [-0.25, -0.2) is 9.97 Å². The van der Waals surface area contributed by atoms with E-state index in [1.165, 1.54) is 0 Å². The third-order valence-corrected chi connectivity index (χ3v) is 3.58. The number of hydrogen-bond acceptors (Lipinski definition) is 4. The molecule has 0 aromatic carbocycles. The van der Waals surface area contributed by atoms with Crippen molar-refractivity contribution < 1.29 is 0 Å². The summed E-state index contributed by atoms with van der Waals surface area (Å²) >= 11 is 0. The Morgan fingerprint density at radius 2 is 2.20 bits per heavy atom. The molecule has 2 N–H and O–H groups in total. The summed E-state index contributed by atoms with van der Waals surface area (Å²) in [7, 11) is 2.16. The van der Waals surface area contributed by atoms with E-state index in [1.54, 1.807) is 6.20 Å². The number of anilines is 1. The van der Waals surface area contributed by atoms with Crippen molar-refractivity contribution in [2.75, 3.05) is 19.3 Å². The molecule has 0 radical (unpaired) electrons. The monoisotopic (exact) mass is 273 g/mol. The van der Waals surface area contributed by atoms with E-state index in [2.05, 4.69) is 40.3 Å². The Bertz CT molecular complexity index is 547. The zero-order valence-electron chi connectivity index (χ0n) is 12.5. The van der Waals surface area contributed by atoms with Gasteiger partial charge >= 0.3 is 0 Å². The average molecular weight is 273 g/mol. The predicted molar refractivity (Wildman–Crippen MR) is 82.3 cm³/mol. The summed E-state index contributed by atoms with van der Waals surface area (Å²) in [4.78, 5) is 10.6. The fourth-order valence-corrected chi connectivity index (χ4v) is 2.10. The van der Waals surface area contributed by atoms with Crippen LogP contribution in [0, 0.1) is 0 Å². The Hall–Kier alpha value is -1.88. The molecule has 0 saturated carbocycles. The van der Waals surface area contributed by atoms with Crippen molar-refractivity contribution in [1.29, 1.82) is 0 Å². The Balaban J connectivity index is 2.02. The van der Waals surface area contributed by atoms with Crippen LogP contribution in [-0.4, -0.2) is 39.1 Å². The zero-order chi connectivity index (χ0) is 14.5. The number of aryl methyl sites for hydroxylation is 1. The minimum Gasteiger partial charge on any atom is -0.384 e. The highest BCUT2D eigenvalue weighted by Gasteiger charge is 2.07. The SMILES string of the molecule is CC(C)N(C)CCCn1cncc1-c1ccnc(N)c1. The molecule has 0 spiro atoms. The van der Waals surface area contributed by atoms with E-state index in [4.69, 9.17) is 5.73 Å². The number of nitrogen functional groups attached to an aromatic ring is 1. The molecular weight excluding hydrogens is 250 g/mol. The van der Waals surface area contributed by atoms with E-state index in [1.807, 2.05) is 24.7 Å². The van der Waals surface area contributed by atoms with Gasteiger partial charge in [-0.1, -0.05) is 0 Å². The Kier molecular flexibility index (Phi) is 4.74. The summed E-state index contributed by atoms with van der Waals surface area (Å²) in [5, 5.41) is 0. The number of imidazole rings is 1. The molecule has 0 aliphatic rings. The lowest BCUT2D eigenvalue weighted by atomic mass is 10.2. The van der Waals surface area contributed by atoms with Crippen molar-refractivity contribution in [2.24, 2.45) is 0 Å². The Labute approximate surface area is 120 Å². The summed E-state index contributed by atoms with van der Waals surface area (Å²) in [5.41, 5.74) is 7.89. The van der Waals surface area contributed by atoms with Crippen LogP contribution in [0.25, 0.3) is 11.3 Å². The quantitative estimate of drug-likeness (QED) is 0.877. The van der Waals surface area contributed by atoms with Gasteiger partial charge in [-0.2, -0.15) is 0 Å². The van der Waals surface area contributed by atoms with Gasteiger partial charge in [-0.05, 0) is 46.0 Å². The molecule has 0 amide bonds. The van der Waals surface area contributed by atoms with Crippen LogP contribution in [0.15, 0.2) is 30.9 Å². The molecule has 0 aliphatic carbocycles. The molecule has 0 unspecified atom stereocenters. The lowest BCUT2D eigenvalue weighted by molar-refractivity contribution is 0.265. The highest BCUT2D eigenvalue weighted by Crippen LogP contribution is 2.20. The molecule has 20 heavy (non-hydrogen) atoms. The number of aromatic nitrogens is 3. The lowest BCUT2D eigenvalue weighted by Crippen LogP contribution is -2.27. The summed E-state index contributed by atoms with van der Waals surface area (Å²) in [6, 6.07) is 4.43. The van der Waals surface area contributed by atoms with Crippen molar-refractivity contribution in [3.8, 4) is 11.3 Å². The highest BCUT2D eigenvalue weighted by atomic mass is 15.1. The minimum atomic E-state index is 0.537. The van der Waals surface area contributed by atoms with Crippen molar-refractivity contribution in [3.05, 3.63) is 30.9 Å². The number of pyridine rings is 1. The standard InChI is InChI=1S/C15H23N5/c1-12(2)19(3)7-4-8-20-11-17-10-14(20)13-5-6-18-15(16)9-13/h5-6,9-12H,4,7-8H2,1-3H3,(H2,16,18). The first-order valence-corrected chi connectivity index (χ1v) is 7.00. The second-order valence-corrected chi connectivity index (χ2v) is 5.37. The van der Waals surface area contributed by atoms with E-state index in [-0.39, 0.29) is 0 Å². The first kappa shape index (κ1) is 14.5. The van der Waals surface area contributed by atoms with E-state index >= 15 is 0 Å². The molecule has 0 bridgehead atoms. The second kappa shape index (κ2) is 6.52. The molecular formula is C15H23N5. The van der Waals surface area contributed by atoms with Crippen LogP contribution in [0.2, 0.25) is 0 Å². The molecule has 2 rings (SSSR count). The molecule has 108 valence electrons. The van der Waals surface area contributed by atoms with Crippen molar-refractivity contribution >= 4 is 5.82 Å². The Morgan fingerprint density at radius 1 is 1.40 bits per heavy atom. The summed E-state index contributed by atoms with van der Waals surface area (Å²) < 4.78 is 2.17. The minimum absolute atomic E-state index is 0.537. The number of hydrogen-bond donors (Lipinski definition) is 1. The number of nitrogens with two attached hydrogens (primary N) is 1. The Morgan fingerprint density at radius 3 is 2.90 bits per heavy atom. The maximum absolute atomic E-state index is 5.74. The van der Waals surface area contributed by atoms with Gasteiger partial charge in [-0.15, -0.1) is 0 Å². The molecule has 5 heteroatoms. The van der Waals surface area contributed by atoms with Crippen LogP contribution in [0.3, 0.4) is 0 Å². The van der Waals surface area contributed by atoms with Gasteiger partial charge in [0.2, 0.25) is 0 Å². The largest absolute Gasteiger partial charge is 0.384 e. The van der Waals surface area contributed by atoms with Gasteiger partial charge in [0, 0.05) is 24.3 Å². The van der Waals surface area contributed by atoms with Gasteiger partial charge < -0.3 is 15.2 Å². The summed E-state index contributed by atoms with van der Waals surface area (Å²) in [6.07, 6.45) is 6.58. The first-order valence-electron chi connectivity index (χ1n) is 7.00. The van der Waals surface area contributed by atoms with E-state index in [0.717, 1.165) is 30.8 Å². The topological polar surface area (TPSA) is 60.0 Å². The van der Waals surface area contributed by atoms with Crippen LogP contribution in [0.1, 0.15) is 20.3 Å². The normalized spacial score (nSPS) is 11.4. The van der Waals surface area contributed by atoms with Crippen LogP contribution in [-0.2, 0) is 6.54 Å². The molecule has 2 heterocycles. The van der Waals surface area contributed by atoms with E-state index in [0.29, 0.717) is 11.9 Å². The molecule has 0 saturated heterocycles. The number of rotatable bonds is 6. The maximum atomic E-state index is 5.74. The molecule has 5 nitrogen and oxygen atoms in total. The predicted octanol–water partition coefficient (Wildman–Crippen LogP) is 2.26. The summed E-state index contributed by atoms with van der Waals surface area (Å²) in [6.45, 7) is 6.45. The maximum Gasteiger partial charge on any atom is 0.123 e. The van der Waals surface area contributed by atoms with E-state index in [9.17, 15) is 0 Å². The first-order chi connectivity index (χ1) is 9.58. The fraction of sp³-hybridized carbons (Fsp3) is 0.467. The zero-order valence-corrected chi connectivity index (χ0v) is 12.5. The van der Waals surface area contributed by atoms with Gasteiger partial charge in [0.1, 0.15) is 5.82 Å². The van der Waals surface area contributed by atoms with Crippen LogP contribution < -0.4 is 5.73 Å². The molecule has 0 aliphatic heterocycles. The van der Waals surface area contributed by atoms with Gasteiger partial charge in [0.05, 0.1) is 18.2 Å². The summed E-state index contributed by atoms with van der Waals surface area (Å²) in [5.74, 6) is 0.537. The van der Waals surface area contributed by atoms with Gasteiger partial charge in [-0.3, -0.25) is 0 Å². The van der Waals surface area contributed by atoms with Gasteiger partial charge in [0.25, 0.3) is 0 Å². The third-order valence-electron chi connectivity index (χ3n) is 3.58. The van der Waals surface area contributed by atoms with Crippen molar-refractivity contribution in [1.82, 2.24) is 19.4 Å². The van der Waals surface area contributed by atoms with Crippen molar-refractivity contribution in [3.63, 3.8) is 0 Å². The smallest absolute Gasteiger partial charge is 0.123 e. The van der Waals surface area contributed by atoms with Crippen LogP contribution in [0.5, 0.6) is 0 Å². The van der Waals surface area contributed by atoms with Gasteiger partial charge in [0.15, 0.2) is 0 Å². The highest BCUT2D eigenvalue weighted by molar-refractivity contribution is 5.61. The molecule has 2 aromatic heterocycles.